The number of likely N-dealkylation sites (tertiary alicyclic amines) is 1. The molecule has 24 heavy (non-hydrogen) atoms. The van der Waals surface area contributed by atoms with Crippen molar-refractivity contribution in [2.75, 3.05) is 26.1 Å². The molecular weight excluding hydrogens is 356 g/mol. The number of halogens is 3. The molecule has 1 aromatic rings. The van der Waals surface area contributed by atoms with Crippen molar-refractivity contribution in [3.63, 3.8) is 0 Å². The van der Waals surface area contributed by atoms with Gasteiger partial charge in [-0.2, -0.15) is 0 Å². The van der Waals surface area contributed by atoms with Crippen LogP contribution < -0.4 is 4.74 Å². The molecule has 2 rings (SSSR count). The average molecular weight is 378 g/mol. The highest BCUT2D eigenvalue weighted by Crippen LogP contribution is 2.41. The van der Waals surface area contributed by atoms with E-state index in [-0.39, 0.29) is 10.9 Å². The first-order chi connectivity index (χ1) is 11.2. The van der Waals surface area contributed by atoms with Crippen LogP contribution in [0, 0.1) is 5.82 Å². The highest BCUT2D eigenvalue weighted by atomic mass is 35.5. The third-order valence-corrected chi connectivity index (χ3v) is 4.26. The van der Waals surface area contributed by atoms with Crippen LogP contribution in [0.15, 0.2) is 6.07 Å². The Bertz CT molecular complexity index is 625. The molecular formula is C17H22Cl2FNO3. The lowest BCUT2D eigenvalue weighted by atomic mass is 9.88. The monoisotopic (exact) mass is 377 g/mol. The molecule has 1 aromatic carbocycles. The molecule has 7 heteroatoms. The molecule has 4 nitrogen and oxygen atoms in total. The number of hydrogen-bond acceptors (Lipinski definition) is 3. The van der Waals surface area contributed by atoms with Gasteiger partial charge < -0.3 is 14.4 Å². The summed E-state index contributed by atoms with van der Waals surface area (Å²) in [5.74, 6) is 0.166. The summed E-state index contributed by atoms with van der Waals surface area (Å²) in [6.45, 7) is 6.15. The lowest BCUT2D eigenvalue weighted by Crippen LogP contribution is -2.50. The van der Waals surface area contributed by atoms with Gasteiger partial charge in [-0.05, 0) is 38.8 Å². The molecule has 0 N–H and O–H groups in total. The number of hydrogen-bond donors (Lipinski definition) is 0. The number of alkyl halides is 1. The summed E-state index contributed by atoms with van der Waals surface area (Å²) in [7, 11) is 1.49. The number of amides is 1. The Morgan fingerprint density at radius 2 is 2.04 bits per heavy atom. The molecule has 0 atom stereocenters. The Morgan fingerprint density at radius 1 is 1.42 bits per heavy atom. The van der Waals surface area contributed by atoms with E-state index in [2.05, 4.69) is 0 Å². The van der Waals surface area contributed by atoms with E-state index in [1.165, 1.54) is 12.0 Å². The predicted molar refractivity (Wildman–Crippen MR) is 92.9 cm³/mol. The SMILES string of the molecule is COc1c(CCCl)cc(Cl)c(F)c1C1CN(C(=O)OC(C)(C)C)C1. The van der Waals surface area contributed by atoms with Gasteiger partial charge >= 0.3 is 6.09 Å². The standard InChI is InChI=1S/C17H22Cl2FNO3/c1-17(2,3)24-16(22)21-8-11(9-21)13-14(20)12(19)7-10(5-6-18)15(13)23-4/h7,11H,5-6,8-9H2,1-4H3. The molecule has 0 radical (unpaired) electrons. The first-order valence-corrected chi connectivity index (χ1v) is 8.67. The maximum Gasteiger partial charge on any atom is 0.410 e. The summed E-state index contributed by atoms with van der Waals surface area (Å²) in [5.41, 5.74) is 0.615. The summed E-state index contributed by atoms with van der Waals surface area (Å²) >= 11 is 11.8. The number of aryl methyl sites for hydroxylation is 1. The molecule has 1 aliphatic rings. The molecule has 0 unspecified atom stereocenters. The smallest absolute Gasteiger partial charge is 0.410 e. The van der Waals surface area contributed by atoms with Gasteiger partial charge in [0.05, 0.1) is 12.1 Å². The van der Waals surface area contributed by atoms with Gasteiger partial charge in [-0.3, -0.25) is 0 Å². The van der Waals surface area contributed by atoms with Crippen LogP contribution in [0.3, 0.4) is 0 Å². The van der Waals surface area contributed by atoms with Crippen LogP contribution in [0.2, 0.25) is 5.02 Å². The number of carbonyl (C=O) groups is 1. The molecule has 1 amide bonds. The fourth-order valence-electron chi connectivity index (χ4n) is 2.71. The fraction of sp³-hybridized carbons (Fsp3) is 0.588. The van der Waals surface area contributed by atoms with Crippen LogP contribution in [0.5, 0.6) is 5.75 Å². The molecule has 0 bridgehead atoms. The Balaban J connectivity index is 2.21. The van der Waals surface area contributed by atoms with Crippen molar-refractivity contribution in [1.29, 1.82) is 0 Å². The zero-order chi connectivity index (χ0) is 18.1. The van der Waals surface area contributed by atoms with Gasteiger partial charge in [0.15, 0.2) is 0 Å². The summed E-state index contributed by atoms with van der Waals surface area (Å²) in [4.78, 5) is 13.6. The zero-order valence-corrected chi connectivity index (χ0v) is 15.8. The van der Waals surface area contributed by atoms with E-state index >= 15 is 0 Å². The van der Waals surface area contributed by atoms with Crippen molar-refractivity contribution in [1.82, 2.24) is 4.90 Å². The van der Waals surface area contributed by atoms with E-state index in [0.717, 1.165) is 5.56 Å². The second-order valence-electron chi connectivity index (χ2n) is 6.80. The maximum absolute atomic E-state index is 14.6. The Kier molecular flexibility index (Phi) is 5.87. The minimum Gasteiger partial charge on any atom is -0.496 e. The molecule has 1 aliphatic heterocycles. The van der Waals surface area contributed by atoms with E-state index in [9.17, 15) is 9.18 Å². The molecule has 1 heterocycles. The number of benzene rings is 1. The highest BCUT2D eigenvalue weighted by Gasteiger charge is 2.38. The van der Waals surface area contributed by atoms with Gasteiger partial charge in [0.2, 0.25) is 0 Å². The van der Waals surface area contributed by atoms with Crippen molar-refractivity contribution in [3.8, 4) is 5.75 Å². The second-order valence-corrected chi connectivity index (χ2v) is 7.58. The van der Waals surface area contributed by atoms with Crippen molar-refractivity contribution in [2.45, 2.75) is 38.7 Å². The van der Waals surface area contributed by atoms with Gasteiger partial charge in [0, 0.05) is 30.5 Å². The van der Waals surface area contributed by atoms with E-state index < -0.39 is 17.5 Å². The van der Waals surface area contributed by atoms with Crippen molar-refractivity contribution in [2.24, 2.45) is 0 Å². The van der Waals surface area contributed by atoms with Crippen molar-refractivity contribution >= 4 is 29.3 Å². The van der Waals surface area contributed by atoms with Gasteiger partial charge in [-0.25, -0.2) is 9.18 Å². The van der Waals surface area contributed by atoms with Crippen LogP contribution >= 0.6 is 23.2 Å². The fourth-order valence-corrected chi connectivity index (χ4v) is 3.15. The van der Waals surface area contributed by atoms with Crippen LogP contribution in [-0.4, -0.2) is 42.7 Å². The Morgan fingerprint density at radius 3 is 2.54 bits per heavy atom. The van der Waals surface area contributed by atoms with Gasteiger partial charge in [-0.15, -0.1) is 11.6 Å². The molecule has 1 saturated heterocycles. The predicted octanol–water partition coefficient (Wildman–Crippen LogP) is 4.60. The minimum absolute atomic E-state index is 0.0432. The van der Waals surface area contributed by atoms with Crippen LogP contribution in [0.4, 0.5) is 9.18 Å². The zero-order valence-electron chi connectivity index (χ0n) is 14.3. The highest BCUT2D eigenvalue weighted by molar-refractivity contribution is 6.31. The van der Waals surface area contributed by atoms with Gasteiger partial charge in [-0.1, -0.05) is 11.6 Å². The van der Waals surface area contributed by atoms with Gasteiger partial charge in [0.25, 0.3) is 0 Å². The lowest BCUT2D eigenvalue weighted by molar-refractivity contribution is 0.00769. The van der Waals surface area contributed by atoms with E-state index in [4.69, 9.17) is 32.7 Å². The van der Waals surface area contributed by atoms with Gasteiger partial charge in [0.1, 0.15) is 17.2 Å². The molecule has 0 aliphatic carbocycles. The Labute approximate surface area is 151 Å². The summed E-state index contributed by atoms with van der Waals surface area (Å²) in [6, 6.07) is 1.55. The summed E-state index contributed by atoms with van der Waals surface area (Å²) < 4.78 is 25.3. The van der Waals surface area contributed by atoms with Crippen molar-refractivity contribution < 1.29 is 18.7 Å². The number of ether oxygens (including phenoxy) is 2. The minimum atomic E-state index is -0.561. The molecule has 1 fully saturated rings. The topological polar surface area (TPSA) is 38.8 Å². The van der Waals surface area contributed by atoms with Crippen LogP contribution in [0.25, 0.3) is 0 Å². The normalized spacial score (nSPS) is 15.2. The molecule has 0 saturated carbocycles. The van der Waals surface area contributed by atoms with Crippen LogP contribution in [0.1, 0.15) is 37.8 Å². The van der Waals surface area contributed by atoms with E-state index in [0.29, 0.717) is 36.7 Å². The van der Waals surface area contributed by atoms with Crippen molar-refractivity contribution in [3.05, 3.63) is 28.0 Å². The summed E-state index contributed by atoms with van der Waals surface area (Å²) in [5, 5.41) is 0.0432. The number of methoxy groups -OCH3 is 1. The number of carbonyl (C=O) groups excluding carboxylic acids is 1. The van der Waals surface area contributed by atoms with E-state index in [1.807, 2.05) is 0 Å². The summed E-state index contributed by atoms with van der Waals surface area (Å²) in [6.07, 6.45) is 0.126. The molecule has 0 aromatic heterocycles. The molecule has 134 valence electrons. The largest absolute Gasteiger partial charge is 0.496 e. The third kappa shape index (κ3) is 4.06. The number of nitrogens with zero attached hydrogens (tertiary/aromatic N) is 1. The average Bonchev–Trinajstić information content (AvgIpc) is 2.40. The van der Waals surface area contributed by atoms with Crippen LogP contribution in [-0.2, 0) is 11.2 Å². The quantitative estimate of drug-likeness (QED) is 0.719. The molecule has 0 spiro atoms. The first kappa shape index (κ1) is 19.1. The third-order valence-electron chi connectivity index (χ3n) is 3.79. The number of rotatable bonds is 4. The second kappa shape index (κ2) is 7.36. The maximum atomic E-state index is 14.6. The van der Waals surface area contributed by atoms with E-state index in [1.54, 1.807) is 26.8 Å². The Hall–Kier alpha value is -1.20. The lowest BCUT2D eigenvalue weighted by Gasteiger charge is -2.40. The first-order valence-electron chi connectivity index (χ1n) is 7.76.